The predicted molar refractivity (Wildman–Crippen MR) is 73.6 cm³/mol. The third-order valence-electron chi connectivity index (χ3n) is 2.96. The number of carbonyl (C=O) groups is 3. The Kier molecular flexibility index (Phi) is 4.18. The highest BCUT2D eigenvalue weighted by Crippen LogP contribution is 2.12. The van der Waals surface area contributed by atoms with E-state index in [2.05, 4.69) is 5.32 Å². The molecular weight excluding hydrogens is 274 g/mol. The molecule has 0 aliphatic heterocycles. The van der Waals surface area contributed by atoms with E-state index in [1.165, 1.54) is 12.1 Å². The minimum absolute atomic E-state index is 0.0336. The Morgan fingerprint density at radius 1 is 1.14 bits per heavy atom. The molecule has 1 aliphatic carbocycles. The molecule has 6 heteroatoms. The number of rotatable bonds is 5. The normalized spacial score (nSPS) is 15.5. The number of aromatic hydroxyl groups is 1. The molecular formula is C15H13NO5. The molecule has 1 atom stereocenters. The highest BCUT2D eigenvalue weighted by Gasteiger charge is 2.22. The second-order valence-electron chi connectivity index (χ2n) is 4.56. The summed E-state index contributed by atoms with van der Waals surface area (Å²) in [7, 11) is 0. The number of carboxylic acids is 1. The van der Waals surface area contributed by atoms with Crippen LogP contribution >= 0.6 is 0 Å². The van der Waals surface area contributed by atoms with Crippen LogP contribution in [-0.2, 0) is 20.8 Å². The van der Waals surface area contributed by atoms with Gasteiger partial charge in [-0.25, -0.2) is 4.79 Å². The monoisotopic (exact) mass is 287 g/mol. The zero-order valence-corrected chi connectivity index (χ0v) is 10.9. The van der Waals surface area contributed by atoms with Crippen LogP contribution in [0.15, 0.2) is 48.2 Å². The van der Waals surface area contributed by atoms with Gasteiger partial charge in [0.1, 0.15) is 11.8 Å². The Morgan fingerprint density at radius 3 is 2.43 bits per heavy atom. The van der Waals surface area contributed by atoms with Gasteiger partial charge in [-0.05, 0) is 29.8 Å². The molecule has 108 valence electrons. The third-order valence-corrected chi connectivity index (χ3v) is 2.96. The van der Waals surface area contributed by atoms with Crippen molar-refractivity contribution in [3.8, 4) is 5.75 Å². The molecule has 0 heterocycles. The van der Waals surface area contributed by atoms with Crippen LogP contribution in [-0.4, -0.2) is 33.8 Å². The quantitative estimate of drug-likeness (QED) is 0.684. The van der Waals surface area contributed by atoms with Gasteiger partial charge in [-0.3, -0.25) is 9.59 Å². The summed E-state index contributed by atoms with van der Waals surface area (Å²) in [6.45, 7) is 0. The number of phenolic OH excluding ortho intramolecular Hbond substituents is 1. The minimum Gasteiger partial charge on any atom is -0.508 e. The second-order valence-corrected chi connectivity index (χ2v) is 4.56. The van der Waals surface area contributed by atoms with Crippen molar-refractivity contribution in [1.82, 2.24) is 5.32 Å². The first-order valence-electron chi connectivity index (χ1n) is 6.21. The van der Waals surface area contributed by atoms with E-state index in [4.69, 9.17) is 0 Å². The van der Waals surface area contributed by atoms with Crippen LogP contribution in [0.4, 0.5) is 0 Å². The first kappa shape index (κ1) is 14.5. The van der Waals surface area contributed by atoms with Gasteiger partial charge in [-0.15, -0.1) is 0 Å². The summed E-state index contributed by atoms with van der Waals surface area (Å²) in [5.74, 6) is -1.87. The van der Waals surface area contributed by atoms with Gasteiger partial charge in [0, 0.05) is 12.5 Å². The largest absolute Gasteiger partial charge is 0.508 e. The van der Waals surface area contributed by atoms with Crippen molar-refractivity contribution in [2.45, 2.75) is 12.5 Å². The van der Waals surface area contributed by atoms with Crippen molar-refractivity contribution in [2.24, 2.45) is 0 Å². The number of aliphatic carboxylic acids is 1. The zero-order chi connectivity index (χ0) is 15.4. The van der Waals surface area contributed by atoms with Gasteiger partial charge in [0.15, 0.2) is 5.78 Å². The van der Waals surface area contributed by atoms with Crippen LogP contribution in [0, 0.1) is 0 Å². The number of carboxylic acid groups (broad SMARTS) is 1. The topological polar surface area (TPSA) is 104 Å². The van der Waals surface area contributed by atoms with Gasteiger partial charge < -0.3 is 15.5 Å². The molecule has 0 radical (unpaired) electrons. The minimum atomic E-state index is -1.14. The fourth-order valence-corrected chi connectivity index (χ4v) is 1.88. The number of carbonyl (C=O) groups excluding carboxylic acids is 2. The van der Waals surface area contributed by atoms with E-state index < -0.39 is 17.8 Å². The average Bonchev–Trinajstić information content (AvgIpc) is 2.44. The average molecular weight is 287 g/mol. The first-order chi connectivity index (χ1) is 9.95. The van der Waals surface area contributed by atoms with Gasteiger partial charge in [0.05, 0.1) is 5.70 Å². The van der Waals surface area contributed by atoms with Crippen LogP contribution in [0.25, 0.3) is 0 Å². The van der Waals surface area contributed by atoms with E-state index in [1.807, 2.05) is 0 Å². The molecule has 0 saturated carbocycles. The maximum Gasteiger partial charge on any atom is 0.326 e. The van der Waals surface area contributed by atoms with E-state index in [9.17, 15) is 24.6 Å². The molecule has 0 bridgehead atoms. The molecule has 0 fully saturated rings. The van der Waals surface area contributed by atoms with Gasteiger partial charge in [0.25, 0.3) is 0 Å². The number of ketones is 2. The molecule has 0 aromatic heterocycles. The fourth-order valence-electron chi connectivity index (χ4n) is 1.88. The number of hydrogen-bond acceptors (Lipinski definition) is 5. The Bertz CT molecular complexity index is 643. The third kappa shape index (κ3) is 3.79. The summed E-state index contributed by atoms with van der Waals surface area (Å²) in [6.07, 6.45) is 3.42. The molecule has 1 aromatic rings. The fraction of sp³-hybridized carbons (Fsp3) is 0.133. The first-order valence-corrected chi connectivity index (χ1v) is 6.21. The van der Waals surface area contributed by atoms with Crippen molar-refractivity contribution in [3.63, 3.8) is 0 Å². The summed E-state index contributed by atoms with van der Waals surface area (Å²) in [5, 5.41) is 21.0. The summed E-state index contributed by atoms with van der Waals surface area (Å²) in [6, 6.07) is 5.03. The van der Waals surface area contributed by atoms with Crippen LogP contribution in [0.2, 0.25) is 0 Å². The van der Waals surface area contributed by atoms with E-state index in [0.717, 1.165) is 18.2 Å². The molecule has 0 spiro atoms. The van der Waals surface area contributed by atoms with Crippen molar-refractivity contribution in [3.05, 3.63) is 53.8 Å². The number of hydrogen-bond donors (Lipinski definition) is 3. The summed E-state index contributed by atoms with van der Waals surface area (Å²) < 4.78 is 0. The molecule has 1 unspecified atom stereocenters. The van der Waals surface area contributed by atoms with Crippen molar-refractivity contribution >= 4 is 17.5 Å². The molecule has 0 saturated heterocycles. The highest BCUT2D eigenvalue weighted by atomic mass is 16.4. The van der Waals surface area contributed by atoms with Crippen LogP contribution < -0.4 is 5.32 Å². The van der Waals surface area contributed by atoms with E-state index in [1.54, 1.807) is 12.1 Å². The second kappa shape index (κ2) is 6.04. The van der Waals surface area contributed by atoms with Gasteiger partial charge in [0.2, 0.25) is 5.78 Å². The lowest BCUT2D eigenvalue weighted by atomic mass is 10.0. The van der Waals surface area contributed by atoms with Crippen LogP contribution in [0.5, 0.6) is 5.75 Å². The number of benzene rings is 1. The maximum absolute atomic E-state index is 11.6. The molecule has 6 nitrogen and oxygen atoms in total. The van der Waals surface area contributed by atoms with Crippen LogP contribution in [0.3, 0.4) is 0 Å². The molecule has 1 aliphatic rings. The molecule has 0 amide bonds. The number of nitrogens with one attached hydrogen (secondary N) is 1. The maximum atomic E-state index is 11.6. The van der Waals surface area contributed by atoms with Crippen LogP contribution in [0.1, 0.15) is 5.56 Å². The van der Waals surface area contributed by atoms with Gasteiger partial charge in [-0.1, -0.05) is 12.1 Å². The Labute approximate surface area is 120 Å². The zero-order valence-electron chi connectivity index (χ0n) is 10.9. The molecule has 3 N–H and O–H groups in total. The Balaban J connectivity index is 2.13. The highest BCUT2D eigenvalue weighted by molar-refractivity contribution is 6.17. The summed E-state index contributed by atoms with van der Waals surface area (Å²) >= 11 is 0. The number of phenols is 1. The van der Waals surface area contributed by atoms with Crippen molar-refractivity contribution < 1.29 is 24.6 Å². The lowest BCUT2D eigenvalue weighted by Crippen LogP contribution is -2.40. The standard InChI is InChI=1S/C15H13NO5/c17-10-3-1-9(2-4-10)7-13(15(20)21)16-12-8-11(18)5-6-14(12)19/h1-6,8,13,16-17H,7H2,(H,20,21). The lowest BCUT2D eigenvalue weighted by Gasteiger charge is -2.18. The molecule has 21 heavy (non-hydrogen) atoms. The molecule has 1 aromatic carbocycles. The van der Waals surface area contributed by atoms with E-state index in [-0.39, 0.29) is 23.7 Å². The summed E-state index contributed by atoms with van der Waals surface area (Å²) in [5.41, 5.74) is 0.645. The molecule has 2 rings (SSSR count). The number of allylic oxidation sites excluding steroid dienone is 3. The lowest BCUT2D eigenvalue weighted by molar-refractivity contribution is -0.139. The van der Waals surface area contributed by atoms with Gasteiger partial charge in [-0.2, -0.15) is 0 Å². The summed E-state index contributed by atoms with van der Waals surface area (Å²) in [4.78, 5) is 34.1. The van der Waals surface area contributed by atoms with Crippen molar-refractivity contribution in [1.29, 1.82) is 0 Å². The van der Waals surface area contributed by atoms with E-state index in [0.29, 0.717) is 5.56 Å². The SMILES string of the molecule is O=C1C=CC(=O)C(NC(Cc2ccc(O)cc2)C(=O)O)=C1. The van der Waals surface area contributed by atoms with Crippen molar-refractivity contribution in [2.75, 3.05) is 0 Å². The smallest absolute Gasteiger partial charge is 0.326 e. The predicted octanol–water partition coefficient (Wildman–Crippen LogP) is 0.569. The Hall–Kier alpha value is -2.89. The van der Waals surface area contributed by atoms with E-state index >= 15 is 0 Å². The van der Waals surface area contributed by atoms with Gasteiger partial charge >= 0.3 is 5.97 Å². The Morgan fingerprint density at radius 2 is 1.81 bits per heavy atom.